The van der Waals surface area contributed by atoms with Gasteiger partial charge in [0.2, 0.25) is 0 Å². The molecule has 0 N–H and O–H groups in total. The number of thioether (sulfide) groups is 1. The van der Waals surface area contributed by atoms with Gasteiger partial charge in [-0.3, -0.25) is 9.69 Å². The lowest BCUT2D eigenvalue weighted by Crippen LogP contribution is -2.49. The fraction of sp³-hybridized carbons (Fsp3) is 0.235. The largest absolute Gasteiger partial charge is 0.548 e. The number of rotatable bonds is 5. The SMILES string of the molecule is CC[C@@H](C(=O)[O-])N1C(=O)/C(=C/C(C)=C/c2ccccc2)SC1=S. The zero-order valence-corrected chi connectivity index (χ0v) is 14.4. The number of carbonyl (C=O) groups excluding carboxylic acids is 2. The molecule has 2 rings (SSSR count). The molecule has 0 spiro atoms. The molecule has 0 aromatic heterocycles. The number of amides is 1. The lowest BCUT2D eigenvalue weighted by Gasteiger charge is -2.26. The molecule has 0 unspecified atom stereocenters. The van der Waals surface area contributed by atoms with Gasteiger partial charge < -0.3 is 9.90 Å². The number of carbonyl (C=O) groups is 2. The molecule has 1 aromatic rings. The van der Waals surface area contributed by atoms with E-state index < -0.39 is 12.0 Å². The molecule has 1 aliphatic rings. The summed E-state index contributed by atoms with van der Waals surface area (Å²) in [5, 5.41) is 11.2. The Balaban J connectivity index is 2.25. The molecule has 6 heteroatoms. The van der Waals surface area contributed by atoms with Gasteiger partial charge in [-0.2, -0.15) is 0 Å². The Hall–Kier alpha value is -1.92. The summed E-state index contributed by atoms with van der Waals surface area (Å²) in [7, 11) is 0. The highest BCUT2D eigenvalue weighted by molar-refractivity contribution is 8.26. The quantitative estimate of drug-likeness (QED) is 0.605. The normalized spacial score (nSPS) is 18.6. The van der Waals surface area contributed by atoms with Crippen molar-refractivity contribution in [2.45, 2.75) is 26.3 Å². The monoisotopic (exact) mass is 346 g/mol. The molecule has 0 saturated carbocycles. The van der Waals surface area contributed by atoms with Crippen LogP contribution in [0.3, 0.4) is 0 Å². The van der Waals surface area contributed by atoms with Crippen molar-refractivity contribution in [3.63, 3.8) is 0 Å². The number of thiocarbonyl (C=S) groups is 1. The van der Waals surface area contributed by atoms with E-state index in [2.05, 4.69) is 0 Å². The number of carboxylic acids is 1. The summed E-state index contributed by atoms with van der Waals surface area (Å²) in [6.07, 6.45) is 3.93. The first-order valence-corrected chi connectivity index (χ1v) is 8.37. The summed E-state index contributed by atoms with van der Waals surface area (Å²) in [5.41, 5.74) is 1.91. The highest BCUT2D eigenvalue weighted by Gasteiger charge is 2.36. The van der Waals surface area contributed by atoms with Crippen molar-refractivity contribution < 1.29 is 14.7 Å². The number of carboxylic acid groups (broad SMARTS) is 1. The summed E-state index contributed by atoms with van der Waals surface area (Å²) in [6, 6.07) is 8.71. The molecule has 4 nitrogen and oxygen atoms in total. The Morgan fingerprint density at radius 3 is 2.61 bits per heavy atom. The van der Waals surface area contributed by atoms with Crippen molar-refractivity contribution in [3.8, 4) is 0 Å². The molecule has 0 bridgehead atoms. The van der Waals surface area contributed by atoms with Crippen molar-refractivity contribution in [1.82, 2.24) is 4.90 Å². The molecule has 0 radical (unpaired) electrons. The van der Waals surface area contributed by atoms with E-state index in [1.165, 1.54) is 0 Å². The first-order chi connectivity index (χ1) is 10.9. The number of nitrogens with zero attached hydrogens (tertiary/aromatic N) is 1. The summed E-state index contributed by atoms with van der Waals surface area (Å²) >= 11 is 6.27. The molecular weight excluding hydrogens is 330 g/mol. The molecule has 1 aromatic carbocycles. The summed E-state index contributed by atoms with van der Waals surface area (Å²) < 4.78 is 0.254. The van der Waals surface area contributed by atoms with Crippen LogP contribution < -0.4 is 5.11 Å². The van der Waals surface area contributed by atoms with Crippen LogP contribution in [-0.4, -0.2) is 27.1 Å². The minimum Gasteiger partial charge on any atom is -0.548 e. The van der Waals surface area contributed by atoms with Gasteiger partial charge in [0.1, 0.15) is 4.32 Å². The van der Waals surface area contributed by atoms with Crippen LogP contribution in [0.25, 0.3) is 6.08 Å². The van der Waals surface area contributed by atoms with Gasteiger partial charge >= 0.3 is 0 Å². The number of hydrogen-bond acceptors (Lipinski definition) is 5. The third-order valence-electron chi connectivity index (χ3n) is 3.35. The van der Waals surface area contributed by atoms with Gasteiger partial charge in [-0.15, -0.1) is 0 Å². The first-order valence-electron chi connectivity index (χ1n) is 7.15. The zero-order chi connectivity index (χ0) is 17.0. The van der Waals surface area contributed by atoms with Crippen LogP contribution in [-0.2, 0) is 9.59 Å². The van der Waals surface area contributed by atoms with E-state index in [1.807, 2.05) is 43.3 Å². The minimum absolute atomic E-state index is 0.251. The lowest BCUT2D eigenvalue weighted by atomic mass is 10.1. The van der Waals surface area contributed by atoms with E-state index in [-0.39, 0.29) is 16.6 Å². The van der Waals surface area contributed by atoms with Crippen LogP contribution in [0.5, 0.6) is 0 Å². The van der Waals surface area contributed by atoms with Crippen molar-refractivity contribution in [2.24, 2.45) is 0 Å². The Labute approximate surface area is 144 Å². The maximum absolute atomic E-state index is 12.4. The van der Waals surface area contributed by atoms with Gasteiger partial charge in [-0.05, 0) is 30.6 Å². The van der Waals surface area contributed by atoms with Crippen LogP contribution in [0.4, 0.5) is 0 Å². The molecule has 0 aliphatic carbocycles. The number of aliphatic carboxylic acids is 1. The van der Waals surface area contributed by atoms with E-state index >= 15 is 0 Å². The molecule has 1 aliphatic heterocycles. The molecule has 1 amide bonds. The average Bonchev–Trinajstić information content (AvgIpc) is 2.76. The minimum atomic E-state index is -1.29. The fourth-order valence-corrected chi connectivity index (χ4v) is 3.67. The molecule has 1 heterocycles. The molecule has 1 saturated heterocycles. The van der Waals surface area contributed by atoms with Gasteiger partial charge in [0.05, 0.1) is 16.9 Å². The van der Waals surface area contributed by atoms with Gasteiger partial charge in [0, 0.05) is 0 Å². The second-order valence-corrected chi connectivity index (χ2v) is 6.77. The van der Waals surface area contributed by atoms with Crippen molar-refractivity contribution >= 4 is 46.3 Å². The first kappa shape index (κ1) is 17.4. The second kappa shape index (κ2) is 7.57. The van der Waals surface area contributed by atoms with Crippen molar-refractivity contribution in [1.29, 1.82) is 0 Å². The summed E-state index contributed by atoms with van der Waals surface area (Å²) in [6.45, 7) is 3.57. The van der Waals surface area contributed by atoms with Crippen molar-refractivity contribution in [2.75, 3.05) is 0 Å². The van der Waals surface area contributed by atoms with Crippen LogP contribution >= 0.6 is 24.0 Å². The predicted molar refractivity (Wildman–Crippen MR) is 94.3 cm³/mol. The third kappa shape index (κ3) is 4.09. The Morgan fingerprint density at radius 1 is 1.39 bits per heavy atom. The molecule has 23 heavy (non-hydrogen) atoms. The smallest absolute Gasteiger partial charge is 0.266 e. The van der Waals surface area contributed by atoms with Gasteiger partial charge in [-0.1, -0.05) is 67.3 Å². The van der Waals surface area contributed by atoms with E-state index in [9.17, 15) is 14.7 Å². The second-order valence-electron chi connectivity index (χ2n) is 5.09. The third-order valence-corrected chi connectivity index (χ3v) is 4.68. The molecule has 1 fully saturated rings. The van der Waals surface area contributed by atoms with Gasteiger partial charge in [0.25, 0.3) is 5.91 Å². The topological polar surface area (TPSA) is 60.4 Å². The van der Waals surface area contributed by atoms with E-state index in [0.29, 0.717) is 4.91 Å². The highest BCUT2D eigenvalue weighted by atomic mass is 32.2. The van der Waals surface area contributed by atoms with Crippen LogP contribution in [0.1, 0.15) is 25.8 Å². The van der Waals surface area contributed by atoms with Crippen LogP contribution in [0.2, 0.25) is 0 Å². The maximum Gasteiger partial charge on any atom is 0.266 e. The molecule has 120 valence electrons. The van der Waals surface area contributed by atoms with E-state index in [4.69, 9.17) is 12.2 Å². The van der Waals surface area contributed by atoms with Crippen LogP contribution in [0, 0.1) is 0 Å². The zero-order valence-electron chi connectivity index (χ0n) is 12.8. The van der Waals surface area contributed by atoms with Gasteiger partial charge in [0.15, 0.2) is 0 Å². The average molecular weight is 346 g/mol. The van der Waals surface area contributed by atoms with Crippen LogP contribution in [0.15, 0.2) is 46.9 Å². The summed E-state index contributed by atoms with van der Waals surface area (Å²) in [5.74, 6) is -1.67. The van der Waals surface area contributed by atoms with E-state index in [0.717, 1.165) is 27.8 Å². The number of allylic oxidation sites excluding steroid dienone is 2. The van der Waals surface area contributed by atoms with Gasteiger partial charge in [-0.25, -0.2) is 0 Å². The number of benzene rings is 1. The van der Waals surface area contributed by atoms with E-state index in [1.54, 1.807) is 13.0 Å². The highest BCUT2D eigenvalue weighted by Crippen LogP contribution is 2.34. The molecular formula is C17H16NO3S2-. The lowest BCUT2D eigenvalue weighted by molar-refractivity contribution is -0.310. The predicted octanol–water partition coefficient (Wildman–Crippen LogP) is 2.36. The van der Waals surface area contributed by atoms with Crippen molar-refractivity contribution in [3.05, 3.63) is 52.4 Å². The fourth-order valence-electron chi connectivity index (χ4n) is 2.26. The molecule has 1 atom stereocenters. The Bertz CT molecular complexity index is 695. The number of hydrogen-bond donors (Lipinski definition) is 0. The standard InChI is InChI=1S/C17H17NO3S2/c1-3-13(16(20)21)18-15(19)14(23-17(18)22)10-11(2)9-12-7-5-4-6-8-12/h4-10,13H,3H2,1-2H3,(H,20,21)/p-1/b11-9+,14-10-/t13-/m0/s1. The maximum atomic E-state index is 12.4. The summed E-state index contributed by atoms with van der Waals surface area (Å²) in [4.78, 5) is 25.2. The Morgan fingerprint density at radius 2 is 2.04 bits per heavy atom. The Kier molecular flexibility index (Phi) is 5.74.